The number of ether oxygens (including phenoxy) is 1. The lowest BCUT2D eigenvalue weighted by atomic mass is 9.90. The average Bonchev–Trinajstić information content (AvgIpc) is 2.37. The van der Waals surface area contributed by atoms with Gasteiger partial charge in [-0.15, -0.1) is 12.4 Å². The van der Waals surface area contributed by atoms with Gasteiger partial charge in [0.05, 0.1) is 0 Å². The Morgan fingerprint density at radius 1 is 1.42 bits per heavy atom. The highest BCUT2D eigenvalue weighted by atomic mass is 35.5. The number of hydrogen-bond donors (Lipinski definition) is 2. The van der Waals surface area contributed by atoms with Crippen molar-refractivity contribution in [3.63, 3.8) is 0 Å². The second-order valence-electron chi connectivity index (χ2n) is 4.46. The van der Waals surface area contributed by atoms with Crippen molar-refractivity contribution in [2.24, 2.45) is 5.73 Å². The van der Waals surface area contributed by atoms with Gasteiger partial charge in [-0.3, -0.25) is 4.79 Å². The number of nitrogens with two attached hydrogens (primary N) is 1. The molecule has 0 aromatic heterocycles. The maximum atomic E-state index is 13.9. The number of carbonyl (C=O) groups excluding carboxylic acids is 1. The molecule has 0 saturated carbocycles. The predicted octanol–water partition coefficient (Wildman–Crippen LogP) is 1.58. The summed E-state index contributed by atoms with van der Waals surface area (Å²) < 4.78 is 19.0. The van der Waals surface area contributed by atoms with Gasteiger partial charge >= 0.3 is 0 Å². The number of primary amides is 1. The van der Waals surface area contributed by atoms with Crippen LogP contribution >= 0.6 is 12.4 Å². The van der Waals surface area contributed by atoms with E-state index in [1.165, 1.54) is 6.07 Å². The highest BCUT2D eigenvalue weighted by Crippen LogP contribution is 2.29. The molecule has 0 unspecified atom stereocenters. The molecule has 1 heterocycles. The van der Waals surface area contributed by atoms with Crippen LogP contribution in [0.15, 0.2) is 18.2 Å². The van der Waals surface area contributed by atoms with Gasteiger partial charge in [0, 0.05) is 6.07 Å². The second kappa shape index (κ2) is 7.31. The second-order valence-corrected chi connectivity index (χ2v) is 4.46. The van der Waals surface area contributed by atoms with Crippen molar-refractivity contribution >= 4 is 18.3 Å². The van der Waals surface area contributed by atoms with Gasteiger partial charge in [-0.1, -0.05) is 6.07 Å². The summed E-state index contributed by atoms with van der Waals surface area (Å²) in [5, 5.41) is 3.25. The molecule has 0 atom stereocenters. The minimum Gasteiger partial charge on any atom is -0.484 e. The molecule has 4 nitrogen and oxygen atoms in total. The third-order valence-corrected chi connectivity index (χ3v) is 3.13. The zero-order valence-corrected chi connectivity index (χ0v) is 11.3. The van der Waals surface area contributed by atoms with E-state index in [4.69, 9.17) is 10.5 Å². The van der Waals surface area contributed by atoms with Crippen molar-refractivity contribution in [1.29, 1.82) is 0 Å². The van der Waals surface area contributed by atoms with E-state index in [2.05, 4.69) is 5.32 Å². The summed E-state index contributed by atoms with van der Waals surface area (Å²) in [7, 11) is 0. The fourth-order valence-electron chi connectivity index (χ4n) is 2.22. The van der Waals surface area contributed by atoms with Crippen LogP contribution in [0.4, 0.5) is 4.39 Å². The lowest BCUT2D eigenvalue weighted by Crippen LogP contribution is -2.27. The molecular formula is C13H18ClFN2O2. The molecule has 0 radical (unpaired) electrons. The van der Waals surface area contributed by atoms with Crippen LogP contribution in [0.25, 0.3) is 0 Å². The molecule has 19 heavy (non-hydrogen) atoms. The zero-order chi connectivity index (χ0) is 13.0. The van der Waals surface area contributed by atoms with Crippen LogP contribution in [0.1, 0.15) is 24.3 Å². The Hall–Kier alpha value is -1.33. The fraction of sp³-hybridized carbons (Fsp3) is 0.462. The van der Waals surface area contributed by atoms with Gasteiger partial charge in [-0.2, -0.15) is 0 Å². The summed E-state index contributed by atoms with van der Waals surface area (Å²) in [5.74, 6) is -0.248. The van der Waals surface area contributed by atoms with Crippen molar-refractivity contribution in [2.75, 3.05) is 19.7 Å². The first-order valence-electron chi connectivity index (χ1n) is 6.08. The van der Waals surface area contributed by atoms with Crippen LogP contribution in [0.2, 0.25) is 0 Å². The Morgan fingerprint density at radius 2 is 2.11 bits per heavy atom. The third-order valence-electron chi connectivity index (χ3n) is 3.13. The number of amides is 1. The Bertz CT molecular complexity index is 437. The van der Waals surface area contributed by atoms with Crippen LogP contribution in [0.3, 0.4) is 0 Å². The first-order chi connectivity index (χ1) is 8.66. The van der Waals surface area contributed by atoms with E-state index in [1.54, 1.807) is 12.1 Å². The molecule has 1 saturated heterocycles. The molecule has 6 heteroatoms. The number of halogens is 2. The molecule has 1 aliphatic heterocycles. The minimum atomic E-state index is -0.571. The Labute approximate surface area is 117 Å². The summed E-state index contributed by atoms with van der Waals surface area (Å²) in [6.07, 6.45) is 1.89. The van der Waals surface area contributed by atoms with Gasteiger partial charge in [0.1, 0.15) is 11.6 Å². The van der Waals surface area contributed by atoms with Gasteiger partial charge in [-0.25, -0.2) is 4.39 Å². The predicted molar refractivity (Wildman–Crippen MR) is 73.2 cm³/mol. The molecule has 1 aliphatic rings. The molecule has 1 fully saturated rings. The van der Waals surface area contributed by atoms with Crippen molar-refractivity contribution in [1.82, 2.24) is 5.32 Å². The summed E-state index contributed by atoms with van der Waals surface area (Å²) >= 11 is 0. The number of carbonyl (C=O) groups is 1. The molecule has 3 N–H and O–H groups in total. The largest absolute Gasteiger partial charge is 0.484 e. The minimum absolute atomic E-state index is 0. The lowest BCUT2D eigenvalue weighted by Gasteiger charge is -2.23. The monoisotopic (exact) mass is 288 g/mol. The quantitative estimate of drug-likeness (QED) is 0.884. The standard InChI is InChI=1S/C13H17FN2O2.ClH/c14-12-7-10(18-8-13(15)17)1-2-11(12)9-3-5-16-6-4-9;/h1-2,7,9,16H,3-6,8H2,(H2,15,17);1H. The van der Waals surface area contributed by atoms with Gasteiger partial charge in [0.15, 0.2) is 6.61 Å². The fourth-order valence-corrected chi connectivity index (χ4v) is 2.22. The molecule has 1 aromatic carbocycles. The summed E-state index contributed by atoms with van der Waals surface area (Å²) in [6, 6.07) is 4.74. The van der Waals surface area contributed by atoms with Crippen molar-refractivity contribution in [3.05, 3.63) is 29.6 Å². The lowest BCUT2D eigenvalue weighted by molar-refractivity contribution is -0.119. The number of rotatable bonds is 4. The van der Waals surface area contributed by atoms with E-state index in [0.29, 0.717) is 5.75 Å². The van der Waals surface area contributed by atoms with E-state index in [9.17, 15) is 9.18 Å². The summed E-state index contributed by atoms with van der Waals surface area (Å²) in [5.41, 5.74) is 5.69. The maximum absolute atomic E-state index is 13.9. The molecule has 2 rings (SSSR count). The molecule has 1 amide bonds. The molecule has 106 valence electrons. The number of piperidine rings is 1. The number of benzene rings is 1. The van der Waals surface area contributed by atoms with Gasteiger partial charge < -0.3 is 15.8 Å². The zero-order valence-electron chi connectivity index (χ0n) is 10.5. The smallest absolute Gasteiger partial charge is 0.255 e. The highest BCUT2D eigenvalue weighted by molar-refractivity contribution is 5.85. The topological polar surface area (TPSA) is 64.4 Å². The number of nitrogens with one attached hydrogen (secondary N) is 1. The first kappa shape index (κ1) is 15.7. The highest BCUT2D eigenvalue weighted by Gasteiger charge is 2.18. The van der Waals surface area contributed by atoms with Crippen LogP contribution in [0, 0.1) is 5.82 Å². The summed E-state index contributed by atoms with van der Waals surface area (Å²) in [6.45, 7) is 1.61. The van der Waals surface area contributed by atoms with Crippen LogP contribution in [-0.4, -0.2) is 25.6 Å². The third kappa shape index (κ3) is 4.36. The van der Waals surface area contributed by atoms with Crippen LogP contribution in [-0.2, 0) is 4.79 Å². The Balaban J connectivity index is 0.00000180. The molecule has 0 aliphatic carbocycles. The van der Waals surface area contributed by atoms with Gasteiger partial charge in [-0.05, 0) is 43.5 Å². The molecular weight excluding hydrogens is 271 g/mol. The van der Waals surface area contributed by atoms with E-state index in [-0.39, 0.29) is 30.7 Å². The van der Waals surface area contributed by atoms with Gasteiger partial charge in [0.2, 0.25) is 0 Å². The Morgan fingerprint density at radius 3 is 2.68 bits per heavy atom. The van der Waals surface area contributed by atoms with Crippen LogP contribution < -0.4 is 15.8 Å². The van der Waals surface area contributed by atoms with E-state index in [1.807, 2.05) is 0 Å². The van der Waals surface area contributed by atoms with Crippen molar-refractivity contribution in [2.45, 2.75) is 18.8 Å². The van der Waals surface area contributed by atoms with Gasteiger partial charge in [0.25, 0.3) is 5.91 Å². The van der Waals surface area contributed by atoms with E-state index >= 15 is 0 Å². The average molecular weight is 289 g/mol. The first-order valence-corrected chi connectivity index (χ1v) is 6.08. The molecule has 0 spiro atoms. The summed E-state index contributed by atoms with van der Waals surface area (Å²) in [4.78, 5) is 10.6. The molecule has 0 bridgehead atoms. The Kier molecular flexibility index (Phi) is 6.05. The SMILES string of the molecule is Cl.NC(=O)COc1ccc(C2CCNCC2)c(F)c1. The normalized spacial score (nSPS) is 15.6. The van der Waals surface area contributed by atoms with Crippen molar-refractivity contribution < 1.29 is 13.9 Å². The maximum Gasteiger partial charge on any atom is 0.255 e. The molecule has 1 aromatic rings. The van der Waals surface area contributed by atoms with Crippen LogP contribution in [0.5, 0.6) is 5.75 Å². The van der Waals surface area contributed by atoms with Crippen molar-refractivity contribution in [3.8, 4) is 5.75 Å². The number of hydrogen-bond acceptors (Lipinski definition) is 3. The van der Waals surface area contributed by atoms with E-state index < -0.39 is 5.91 Å². The van der Waals surface area contributed by atoms with E-state index in [0.717, 1.165) is 31.5 Å².